The van der Waals surface area contributed by atoms with E-state index in [1.807, 2.05) is 19.1 Å². The highest BCUT2D eigenvalue weighted by Crippen LogP contribution is 2.27. The lowest BCUT2D eigenvalue weighted by molar-refractivity contribution is 0.0601. The molecule has 30 heavy (non-hydrogen) atoms. The summed E-state index contributed by atoms with van der Waals surface area (Å²) in [6, 6.07) is 13.3. The fraction of sp³-hybridized carbons (Fsp3) is 0.0952. The number of carbonyl (C=O) groups is 2. The van der Waals surface area contributed by atoms with Crippen molar-refractivity contribution < 1.29 is 18.7 Å². The summed E-state index contributed by atoms with van der Waals surface area (Å²) in [5.74, 6) is 0.448. The van der Waals surface area contributed by atoms with E-state index >= 15 is 0 Å². The summed E-state index contributed by atoms with van der Waals surface area (Å²) >= 11 is 9.55. The average Bonchev–Trinajstić information content (AvgIpc) is 3.19. The zero-order valence-corrected chi connectivity index (χ0v) is 18.4. The Morgan fingerprint density at radius 2 is 1.97 bits per heavy atom. The Labute approximate surface area is 186 Å². The summed E-state index contributed by atoms with van der Waals surface area (Å²) in [7, 11) is 1.29. The predicted octanol–water partition coefficient (Wildman–Crippen LogP) is 5.61. The van der Waals surface area contributed by atoms with Crippen LogP contribution in [-0.2, 0) is 4.74 Å². The zero-order valence-electron chi connectivity index (χ0n) is 16.0. The van der Waals surface area contributed by atoms with Crippen LogP contribution in [0.5, 0.6) is 0 Å². The van der Waals surface area contributed by atoms with Crippen molar-refractivity contribution in [2.45, 2.75) is 6.92 Å². The highest BCUT2D eigenvalue weighted by molar-refractivity contribution is 9.10. The molecule has 2 aromatic carbocycles. The van der Waals surface area contributed by atoms with E-state index in [9.17, 15) is 9.59 Å². The van der Waals surface area contributed by atoms with Gasteiger partial charge in [0.2, 0.25) is 0 Å². The maximum atomic E-state index is 11.9. The molecule has 0 saturated heterocycles. The molecule has 0 radical (unpaired) electrons. The molecule has 154 valence electrons. The van der Waals surface area contributed by atoms with E-state index in [2.05, 4.69) is 36.5 Å². The zero-order chi connectivity index (χ0) is 21.7. The summed E-state index contributed by atoms with van der Waals surface area (Å²) in [4.78, 5) is 23.6. The van der Waals surface area contributed by atoms with Crippen LogP contribution in [0.2, 0.25) is 5.02 Å². The predicted molar refractivity (Wildman–Crippen MR) is 119 cm³/mol. The number of nitrogens with one attached hydrogen (secondary N) is 2. The van der Waals surface area contributed by atoms with Crippen molar-refractivity contribution in [1.29, 1.82) is 0 Å². The highest BCUT2D eigenvalue weighted by atomic mass is 79.9. The molecule has 2 N–H and O–H groups in total. The molecular weight excluding hydrogens is 474 g/mol. The number of urea groups is 1. The van der Waals surface area contributed by atoms with Crippen LogP contribution in [0.1, 0.15) is 21.7 Å². The molecular formula is C21H17BrClN3O4. The first-order chi connectivity index (χ1) is 14.4. The Balaban J connectivity index is 1.61. The highest BCUT2D eigenvalue weighted by Gasteiger charge is 2.13. The van der Waals surface area contributed by atoms with Crippen molar-refractivity contribution in [2.24, 2.45) is 5.10 Å². The maximum Gasteiger partial charge on any atom is 0.339 e. The minimum Gasteiger partial charge on any atom is -0.465 e. The standard InChI is InChI=1S/C21H17BrClN3O4/c1-12-9-14(4-7-17(12)22)25-21(28)26-24-11-15-5-8-19(30-15)13-3-6-16(18(23)10-13)20(27)29-2/h3-11H,1-2H3,(H2,25,26,28)/b24-11+. The summed E-state index contributed by atoms with van der Waals surface area (Å²) in [5.41, 5.74) is 4.98. The van der Waals surface area contributed by atoms with Gasteiger partial charge in [-0.25, -0.2) is 15.0 Å². The number of benzene rings is 2. The summed E-state index contributed by atoms with van der Waals surface area (Å²) < 4.78 is 11.3. The van der Waals surface area contributed by atoms with Gasteiger partial charge in [0.15, 0.2) is 0 Å². The number of carbonyl (C=O) groups excluding carboxylic acids is 2. The molecule has 1 aromatic heterocycles. The minimum atomic E-state index is -0.513. The lowest BCUT2D eigenvalue weighted by atomic mass is 10.1. The van der Waals surface area contributed by atoms with Gasteiger partial charge in [-0.1, -0.05) is 33.6 Å². The Morgan fingerprint density at radius 1 is 1.17 bits per heavy atom. The molecule has 0 saturated carbocycles. The largest absolute Gasteiger partial charge is 0.465 e. The number of nitrogens with zero attached hydrogens (tertiary/aromatic N) is 1. The normalized spacial score (nSPS) is 10.8. The van der Waals surface area contributed by atoms with Crippen LogP contribution in [0.15, 0.2) is 62.5 Å². The molecule has 7 nitrogen and oxygen atoms in total. The number of halogens is 2. The number of hydrogen-bond donors (Lipinski definition) is 2. The molecule has 0 unspecified atom stereocenters. The van der Waals surface area contributed by atoms with Crippen molar-refractivity contribution in [1.82, 2.24) is 5.43 Å². The number of aryl methyl sites for hydroxylation is 1. The molecule has 9 heteroatoms. The number of anilines is 1. The molecule has 0 aliphatic heterocycles. The van der Waals surface area contributed by atoms with Crippen molar-refractivity contribution in [2.75, 3.05) is 12.4 Å². The average molecular weight is 491 g/mol. The number of furan rings is 1. The van der Waals surface area contributed by atoms with Crippen molar-refractivity contribution in [3.8, 4) is 11.3 Å². The number of rotatable bonds is 5. The number of amides is 2. The van der Waals surface area contributed by atoms with Gasteiger partial charge in [0.25, 0.3) is 0 Å². The van der Waals surface area contributed by atoms with Crippen LogP contribution in [0, 0.1) is 6.92 Å². The third kappa shape index (κ3) is 5.28. The first-order valence-electron chi connectivity index (χ1n) is 8.71. The molecule has 3 rings (SSSR count). The van der Waals surface area contributed by atoms with Crippen LogP contribution >= 0.6 is 27.5 Å². The Bertz CT molecular complexity index is 1130. The van der Waals surface area contributed by atoms with Crippen LogP contribution in [0.3, 0.4) is 0 Å². The van der Waals surface area contributed by atoms with Crippen molar-refractivity contribution in [3.63, 3.8) is 0 Å². The van der Waals surface area contributed by atoms with Gasteiger partial charge in [-0.3, -0.25) is 0 Å². The lowest BCUT2D eigenvalue weighted by Crippen LogP contribution is -2.24. The van der Waals surface area contributed by atoms with E-state index in [4.69, 9.17) is 16.0 Å². The van der Waals surface area contributed by atoms with E-state index in [1.165, 1.54) is 13.3 Å². The second-order valence-electron chi connectivity index (χ2n) is 6.18. The maximum absolute atomic E-state index is 11.9. The Hall–Kier alpha value is -3.10. The van der Waals surface area contributed by atoms with Crippen LogP contribution in [0.4, 0.5) is 10.5 Å². The Morgan fingerprint density at radius 3 is 2.67 bits per heavy atom. The SMILES string of the molecule is COC(=O)c1ccc(-c2ccc(/C=N/NC(=O)Nc3ccc(Br)c(C)c3)o2)cc1Cl. The number of hydrogen-bond acceptors (Lipinski definition) is 5. The van der Waals surface area contributed by atoms with Gasteiger partial charge in [-0.05, 0) is 55.0 Å². The second-order valence-corrected chi connectivity index (χ2v) is 7.44. The number of methoxy groups -OCH3 is 1. The van der Waals surface area contributed by atoms with Crippen molar-refractivity contribution in [3.05, 3.63) is 74.9 Å². The van der Waals surface area contributed by atoms with E-state index < -0.39 is 12.0 Å². The van der Waals surface area contributed by atoms with Gasteiger partial charge >= 0.3 is 12.0 Å². The van der Waals surface area contributed by atoms with Gasteiger partial charge in [0.1, 0.15) is 11.5 Å². The molecule has 0 atom stereocenters. The third-order valence-corrected chi connectivity index (χ3v) is 5.26. The van der Waals surface area contributed by atoms with Crippen LogP contribution in [-0.4, -0.2) is 25.3 Å². The molecule has 0 bridgehead atoms. The molecule has 2 amide bonds. The van der Waals surface area contributed by atoms with Gasteiger partial charge in [-0.2, -0.15) is 5.10 Å². The van der Waals surface area contributed by atoms with Crippen LogP contribution in [0.25, 0.3) is 11.3 Å². The van der Waals surface area contributed by atoms with E-state index in [1.54, 1.807) is 36.4 Å². The summed E-state index contributed by atoms with van der Waals surface area (Å²) in [5, 5.41) is 6.82. The first kappa shape index (κ1) is 21.6. The molecule has 0 aliphatic carbocycles. The fourth-order valence-electron chi connectivity index (χ4n) is 2.56. The second kappa shape index (κ2) is 9.60. The molecule has 3 aromatic rings. The topological polar surface area (TPSA) is 92.9 Å². The first-order valence-corrected chi connectivity index (χ1v) is 9.89. The number of esters is 1. The smallest absolute Gasteiger partial charge is 0.339 e. The van der Waals surface area contributed by atoms with Gasteiger partial charge in [0, 0.05) is 15.7 Å². The summed E-state index contributed by atoms with van der Waals surface area (Å²) in [6.07, 6.45) is 1.38. The molecule has 0 spiro atoms. The summed E-state index contributed by atoms with van der Waals surface area (Å²) in [6.45, 7) is 1.93. The number of ether oxygens (including phenoxy) is 1. The number of hydrazone groups is 1. The van der Waals surface area contributed by atoms with Gasteiger partial charge in [0.05, 0.1) is 23.9 Å². The third-order valence-electron chi connectivity index (χ3n) is 4.06. The van der Waals surface area contributed by atoms with E-state index in [-0.39, 0.29) is 10.6 Å². The van der Waals surface area contributed by atoms with Gasteiger partial charge < -0.3 is 14.5 Å². The molecule has 0 aliphatic rings. The monoisotopic (exact) mass is 489 g/mol. The van der Waals surface area contributed by atoms with Crippen molar-refractivity contribution >= 4 is 51.4 Å². The van der Waals surface area contributed by atoms with E-state index in [0.29, 0.717) is 22.8 Å². The fourth-order valence-corrected chi connectivity index (χ4v) is 3.06. The molecule has 1 heterocycles. The van der Waals surface area contributed by atoms with Crippen LogP contribution < -0.4 is 10.7 Å². The lowest BCUT2D eigenvalue weighted by Gasteiger charge is -2.06. The van der Waals surface area contributed by atoms with E-state index in [0.717, 1.165) is 10.0 Å². The molecule has 0 fully saturated rings. The minimum absolute atomic E-state index is 0.257. The quantitative estimate of drug-likeness (QED) is 0.276. The van der Waals surface area contributed by atoms with Gasteiger partial charge in [-0.15, -0.1) is 0 Å². The Kier molecular flexibility index (Phi) is 6.91.